The van der Waals surface area contributed by atoms with Crippen molar-refractivity contribution < 1.29 is 9.59 Å². The summed E-state index contributed by atoms with van der Waals surface area (Å²) in [6.45, 7) is 6.55. The molecule has 2 N–H and O–H groups in total. The highest BCUT2D eigenvalue weighted by Crippen LogP contribution is 2.22. The van der Waals surface area contributed by atoms with Gasteiger partial charge in [-0.3, -0.25) is 9.59 Å². The van der Waals surface area contributed by atoms with Crippen LogP contribution < -0.4 is 10.6 Å². The van der Waals surface area contributed by atoms with Crippen molar-refractivity contribution in [2.45, 2.75) is 32.2 Å². The highest BCUT2D eigenvalue weighted by molar-refractivity contribution is 5.92. The van der Waals surface area contributed by atoms with E-state index in [2.05, 4.69) is 10.6 Å². The molecule has 2 heterocycles. The molecule has 2 amide bonds. The first-order valence-electron chi connectivity index (χ1n) is 6.34. The molecule has 2 rings (SSSR count). The van der Waals surface area contributed by atoms with Crippen LogP contribution in [0, 0.1) is 5.92 Å². The lowest BCUT2D eigenvalue weighted by atomic mass is 9.92. The predicted octanol–water partition coefficient (Wildman–Crippen LogP) is -0.277. The van der Waals surface area contributed by atoms with E-state index in [4.69, 9.17) is 0 Å². The Morgan fingerprint density at radius 1 is 1.41 bits per heavy atom. The maximum Gasteiger partial charge on any atom is 0.245 e. The predicted molar refractivity (Wildman–Crippen MR) is 64.4 cm³/mol. The molecule has 0 saturated carbocycles. The monoisotopic (exact) mass is 239 g/mol. The summed E-state index contributed by atoms with van der Waals surface area (Å²) >= 11 is 0. The Bertz CT molecular complexity index is 322. The summed E-state index contributed by atoms with van der Waals surface area (Å²) in [4.78, 5) is 26.0. The Balaban J connectivity index is 2.09. The van der Waals surface area contributed by atoms with Gasteiger partial charge >= 0.3 is 0 Å². The Kier molecular flexibility index (Phi) is 3.38. The summed E-state index contributed by atoms with van der Waals surface area (Å²) < 4.78 is 0. The van der Waals surface area contributed by atoms with Gasteiger partial charge in [0.15, 0.2) is 0 Å². The van der Waals surface area contributed by atoms with Gasteiger partial charge in [-0.05, 0) is 33.2 Å². The van der Waals surface area contributed by atoms with E-state index in [9.17, 15) is 9.59 Å². The lowest BCUT2D eigenvalue weighted by Gasteiger charge is -2.43. The van der Waals surface area contributed by atoms with Crippen LogP contribution in [-0.2, 0) is 9.59 Å². The number of carbonyl (C=O) groups excluding carboxylic acids is 2. The molecule has 2 fully saturated rings. The van der Waals surface area contributed by atoms with Crippen molar-refractivity contribution in [3.05, 3.63) is 0 Å². The number of piperidine rings is 1. The Hall–Kier alpha value is -1.10. The molecule has 0 spiro atoms. The van der Waals surface area contributed by atoms with Gasteiger partial charge in [0.25, 0.3) is 0 Å². The molecule has 96 valence electrons. The Labute approximate surface area is 102 Å². The van der Waals surface area contributed by atoms with Gasteiger partial charge in [-0.1, -0.05) is 0 Å². The van der Waals surface area contributed by atoms with Crippen LogP contribution >= 0.6 is 0 Å². The second kappa shape index (κ2) is 4.64. The standard InChI is InChI=1S/C12H21N3O2/c1-12(2)11(17)14-6-7-15(12)10(16)9-4-3-5-13-8-9/h9,13H,3-8H2,1-2H3,(H,14,17)/t9-/m1/s1. The third kappa shape index (κ3) is 2.29. The molecule has 0 aromatic rings. The van der Waals surface area contributed by atoms with Crippen LogP contribution in [0.5, 0.6) is 0 Å². The molecule has 0 bridgehead atoms. The van der Waals surface area contributed by atoms with Crippen LogP contribution in [-0.4, -0.2) is 48.4 Å². The number of hydrogen-bond donors (Lipinski definition) is 2. The Morgan fingerprint density at radius 2 is 2.18 bits per heavy atom. The maximum absolute atomic E-state index is 12.4. The molecule has 0 aromatic heterocycles. The largest absolute Gasteiger partial charge is 0.352 e. The van der Waals surface area contributed by atoms with Crippen molar-refractivity contribution in [1.82, 2.24) is 15.5 Å². The first kappa shape index (κ1) is 12.4. The van der Waals surface area contributed by atoms with Crippen molar-refractivity contribution in [2.75, 3.05) is 26.2 Å². The summed E-state index contributed by atoms with van der Waals surface area (Å²) in [5.74, 6) is 0.104. The average molecular weight is 239 g/mol. The van der Waals surface area contributed by atoms with Gasteiger partial charge in [0.05, 0.1) is 5.92 Å². The Morgan fingerprint density at radius 3 is 2.82 bits per heavy atom. The van der Waals surface area contributed by atoms with E-state index in [-0.39, 0.29) is 17.7 Å². The molecular weight excluding hydrogens is 218 g/mol. The van der Waals surface area contributed by atoms with Crippen molar-refractivity contribution in [3.63, 3.8) is 0 Å². The minimum atomic E-state index is -0.715. The molecule has 0 aliphatic carbocycles. The van der Waals surface area contributed by atoms with Crippen molar-refractivity contribution >= 4 is 11.8 Å². The molecule has 5 heteroatoms. The normalized spacial score (nSPS) is 28.7. The summed E-state index contributed by atoms with van der Waals surface area (Å²) in [7, 11) is 0. The molecule has 0 aromatic carbocycles. The summed E-state index contributed by atoms with van der Waals surface area (Å²) in [5.41, 5.74) is -0.715. The highest BCUT2D eigenvalue weighted by atomic mass is 16.2. The number of nitrogens with zero attached hydrogens (tertiary/aromatic N) is 1. The minimum absolute atomic E-state index is 0.0360. The zero-order chi connectivity index (χ0) is 12.5. The van der Waals surface area contributed by atoms with Gasteiger partial charge in [0.1, 0.15) is 5.54 Å². The van der Waals surface area contributed by atoms with E-state index in [1.54, 1.807) is 4.90 Å². The smallest absolute Gasteiger partial charge is 0.245 e. The van der Waals surface area contributed by atoms with Gasteiger partial charge in [0, 0.05) is 19.6 Å². The van der Waals surface area contributed by atoms with Crippen LogP contribution in [0.25, 0.3) is 0 Å². The second-order valence-corrected chi connectivity index (χ2v) is 5.35. The first-order chi connectivity index (χ1) is 8.03. The molecule has 0 radical (unpaired) electrons. The van der Waals surface area contributed by atoms with Crippen molar-refractivity contribution in [3.8, 4) is 0 Å². The van der Waals surface area contributed by atoms with Crippen LogP contribution in [0.15, 0.2) is 0 Å². The van der Waals surface area contributed by atoms with Crippen molar-refractivity contribution in [2.24, 2.45) is 5.92 Å². The van der Waals surface area contributed by atoms with Crippen LogP contribution in [0.1, 0.15) is 26.7 Å². The average Bonchev–Trinajstić information content (AvgIpc) is 2.33. The highest BCUT2D eigenvalue weighted by Gasteiger charge is 2.42. The summed E-state index contributed by atoms with van der Waals surface area (Å²) in [6, 6.07) is 0. The fraction of sp³-hybridized carbons (Fsp3) is 0.833. The molecular formula is C12H21N3O2. The van der Waals surface area contributed by atoms with E-state index in [0.29, 0.717) is 13.1 Å². The summed E-state index contributed by atoms with van der Waals surface area (Å²) in [5, 5.41) is 6.06. The maximum atomic E-state index is 12.4. The van der Waals surface area contributed by atoms with E-state index < -0.39 is 5.54 Å². The quantitative estimate of drug-likeness (QED) is 0.662. The number of rotatable bonds is 1. The third-order valence-corrected chi connectivity index (χ3v) is 3.76. The zero-order valence-corrected chi connectivity index (χ0v) is 10.6. The number of carbonyl (C=O) groups is 2. The van der Waals surface area contributed by atoms with Crippen LogP contribution in [0.4, 0.5) is 0 Å². The minimum Gasteiger partial charge on any atom is -0.352 e. The molecule has 5 nitrogen and oxygen atoms in total. The third-order valence-electron chi connectivity index (χ3n) is 3.76. The van der Waals surface area contributed by atoms with Crippen LogP contribution in [0.2, 0.25) is 0 Å². The molecule has 2 aliphatic heterocycles. The molecule has 17 heavy (non-hydrogen) atoms. The van der Waals surface area contributed by atoms with E-state index >= 15 is 0 Å². The van der Waals surface area contributed by atoms with Gasteiger partial charge in [-0.25, -0.2) is 0 Å². The lowest BCUT2D eigenvalue weighted by molar-refractivity contribution is -0.152. The number of amides is 2. The second-order valence-electron chi connectivity index (χ2n) is 5.35. The number of hydrogen-bond acceptors (Lipinski definition) is 3. The van der Waals surface area contributed by atoms with Crippen LogP contribution in [0.3, 0.4) is 0 Å². The van der Waals surface area contributed by atoms with E-state index in [1.165, 1.54) is 0 Å². The van der Waals surface area contributed by atoms with Gasteiger partial charge in [-0.2, -0.15) is 0 Å². The SMILES string of the molecule is CC1(C)C(=O)NCCN1C(=O)[C@@H]1CCCNC1. The fourth-order valence-electron chi connectivity index (χ4n) is 2.57. The fourth-order valence-corrected chi connectivity index (χ4v) is 2.57. The summed E-state index contributed by atoms with van der Waals surface area (Å²) in [6.07, 6.45) is 1.97. The molecule has 1 atom stereocenters. The molecule has 2 saturated heterocycles. The van der Waals surface area contributed by atoms with Crippen molar-refractivity contribution in [1.29, 1.82) is 0 Å². The molecule has 0 unspecified atom stereocenters. The first-order valence-corrected chi connectivity index (χ1v) is 6.34. The molecule has 2 aliphatic rings. The zero-order valence-electron chi connectivity index (χ0n) is 10.6. The lowest BCUT2D eigenvalue weighted by Crippen LogP contribution is -2.64. The van der Waals surface area contributed by atoms with Gasteiger partial charge in [-0.15, -0.1) is 0 Å². The number of nitrogens with one attached hydrogen (secondary N) is 2. The number of piperazine rings is 1. The van der Waals surface area contributed by atoms with E-state index in [0.717, 1.165) is 25.9 Å². The van der Waals surface area contributed by atoms with Gasteiger partial charge < -0.3 is 15.5 Å². The topological polar surface area (TPSA) is 61.4 Å². The van der Waals surface area contributed by atoms with Gasteiger partial charge in [0.2, 0.25) is 11.8 Å². The van der Waals surface area contributed by atoms with E-state index in [1.807, 2.05) is 13.8 Å².